The molecular weight excluding hydrogens is 635 g/mol. The molecule has 47 heavy (non-hydrogen) atoms. The van der Waals surface area contributed by atoms with Crippen LogP contribution < -0.4 is 10.1 Å². The fourth-order valence-corrected chi connectivity index (χ4v) is 18.3. The zero-order chi connectivity index (χ0) is 34.3. The molecule has 0 aliphatic carbocycles. The number of fused-ring (bicyclic) bond motifs is 2. The first kappa shape index (κ1) is 35.3. The second-order valence-electron chi connectivity index (χ2n) is 13.7. The number of benzene rings is 1. The SMILES string of the molecule is C=CC[C@]1(O)C(n2cnc3c(OC)nc(NC(=O)c4ccccc4)nc32)OC2CO[Si](C(C)C)(C(C)C)O[Si](C(C)C)(C(C)C)O[C@H]21. The lowest BCUT2D eigenvalue weighted by molar-refractivity contribution is -0.104. The van der Waals surface area contributed by atoms with Crippen LogP contribution in [-0.4, -0.2) is 79.2 Å². The van der Waals surface area contributed by atoms with E-state index in [0.29, 0.717) is 16.7 Å². The molecule has 0 saturated carbocycles. The lowest BCUT2D eigenvalue weighted by Crippen LogP contribution is -2.67. The minimum Gasteiger partial charge on any atom is -0.479 e. The molecule has 1 aromatic carbocycles. The molecule has 256 valence electrons. The minimum atomic E-state index is -3.08. The molecule has 0 radical (unpaired) electrons. The highest BCUT2D eigenvalue weighted by molar-refractivity contribution is 6.84. The van der Waals surface area contributed by atoms with Crippen molar-refractivity contribution < 1.29 is 32.3 Å². The first-order valence-electron chi connectivity index (χ1n) is 16.4. The summed E-state index contributed by atoms with van der Waals surface area (Å²) in [6.07, 6.45) is 0.928. The molecule has 5 rings (SSSR count). The maximum absolute atomic E-state index is 13.0. The highest BCUT2D eigenvalue weighted by atomic mass is 28.5. The van der Waals surface area contributed by atoms with E-state index >= 15 is 0 Å². The van der Waals surface area contributed by atoms with Gasteiger partial charge in [0.15, 0.2) is 17.4 Å². The molecule has 2 N–H and O–H groups in total. The molecule has 2 aliphatic heterocycles. The van der Waals surface area contributed by atoms with Gasteiger partial charge in [0.25, 0.3) is 5.91 Å². The van der Waals surface area contributed by atoms with Crippen LogP contribution in [0.15, 0.2) is 49.3 Å². The van der Waals surface area contributed by atoms with E-state index in [4.69, 9.17) is 22.4 Å². The number of nitrogens with one attached hydrogen (secondary N) is 1. The second kappa shape index (κ2) is 13.5. The van der Waals surface area contributed by atoms with Crippen LogP contribution in [0.4, 0.5) is 5.95 Å². The fourth-order valence-electron chi connectivity index (χ4n) is 7.02. The Bertz CT molecular complexity index is 1570. The number of aliphatic hydroxyl groups is 1. The molecule has 14 heteroatoms. The minimum absolute atomic E-state index is 0.0184. The monoisotopic (exact) mass is 683 g/mol. The summed E-state index contributed by atoms with van der Waals surface area (Å²) in [5, 5.41) is 15.5. The van der Waals surface area contributed by atoms with Gasteiger partial charge in [0.2, 0.25) is 11.8 Å². The number of anilines is 1. The summed E-state index contributed by atoms with van der Waals surface area (Å²) in [6.45, 7) is 21.4. The Kier molecular flexibility index (Phi) is 10.1. The van der Waals surface area contributed by atoms with Gasteiger partial charge in [0, 0.05) is 12.0 Å². The smallest absolute Gasteiger partial charge is 0.335 e. The van der Waals surface area contributed by atoms with E-state index in [-0.39, 0.29) is 52.9 Å². The molecule has 2 saturated heterocycles. The molecule has 3 aromatic rings. The van der Waals surface area contributed by atoms with Crippen LogP contribution in [0.3, 0.4) is 0 Å². The summed E-state index contributed by atoms with van der Waals surface area (Å²) in [5.41, 5.74) is -0.0694. The van der Waals surface area contributed by atoms with Gasteiger partial charge in [0.05, 0.1) is 20.0 Å². The average Bonchev–Trinajstić information content (AvgIpc) is 3.54. The van der Waals surface area contributed by atoms with Crippen molar-refractivity contribution in [1.82, 2.24) is 19.5 Å². The Balaban J connectivity index is 1.62. The molecule has 2 aromatic heterocycles. The Morgan fingerprint density at radius 3 is 2.30 bits per heavy atom. The Labute approximate surface area is 279 Å². The summed E-state index contributed by atoms with van der Waals surface area (Å²) >= 11 is 0. The maximum atomic E-state index is 13.0. The lowest BCUT2D eigenvalue weighted by atomic mass is 9.90. The third kappa shape index (κ3) is 6.09. The molecule has 12 nitrogen and oxygen atoms in total. The van der Waals surface area contributed by atoms with E-state index in [2.05, 4.69) is 82.2 Å². The van der Waals surface area contributed by atoms with Gasteiger partial charge in [0.1, 0.15) is 17.8 Å². The Hall–Kier alpha value is -2.99. The molecule has 4 atom stereocenters. The first-order valence-corrected chi connectivity index (χ1v) is 20.3. The molecule has 2 unspecified atom stereocenters. The van der Waals surface area contributed by atoms with Crippen LogP contribution >= 0.6 is 0 Å². The van der Waals surface area contributed by atoms with Gasteiger partial charge >= 0.3 is 17.1 Å². The number of carbonyl (C=O) groups is 1. The number of hydrogen-bond donors (Lipinski definition) is 2. The Morgan fingerprint density at radius 1 is 1.09 bits per heavy atom. The molecular formula is C33H49N5O7Si2. The van der Waals surface area contributed by atoms with Gasteiger partial charge < -0.3 is 27.5 Å². The van der Waals surface area contributed by atoms with Crippen molar-refractivity contribution in [2.45, 2.75) is 108 Å². The van der Waals surface area contributed by atoms with Crippen molar-refractivity contribution in [2.24, 2.45) is 0 Å². The third-order valence-electron chi connectivity index (χ3n) is 9.45. The van der Waals surface area contributed by atoms with Crippen molar-refractivity contribution in [3.63, 3.8) is 0 Å². The largest absolute Gasteiger partial charge is 0.479 e. The van der Waals surface area contributed by atoms with Crippen LogP contribution in [0.2, 0.25) is 22.2 Å². The number of rotatable bonds is 10. The van der Waals surface area contributed by atoms with Gasteiger partial charge in [-0.1, -0.05) is 79.7 Å². The molecule has 2 fully saturated rings. The normalized spacial score (nSPS) is 25.6. The number of imidazole rings is 1. The lowest BCUT2D eigenvalue weighted by Gasteiger charge is -2.52. The second-order valence-corrected chi connectivity index (χ2v) is 22.6. The highest BCUT2D eigenvalue weighted by Gasteiger charge is 2.65. The standard InChI is InChI=1S/C33H49N5O7Si2/c1-11-17-33(40)27-25(18-42-46(20(2)3,21(4)5)45-47(44-27,22(6)7)23(8)9)43-31(33)38-19-34-26-28(38)35-32(37-30(26)41-10)36-29(39)24-15-13-12-14-16-24/h11-16,19-23,25,27,31,40H,1,17-18H2,2-10H3,(H,35,36,37,39)/t25?,27-,31?,33-/m1/s1. The van der Waals surface area contributed by atoms with Crippen molar-refractivity contribution in [1.29, 1.82) is 0 Å². The van der Waals surface area contributed by atoms with Crippen LogP contribution in [0.1, 0.15) is 78.4 Å². The van der Waals surface area contributed by atoms with Crippen molar-refractivity contribution in [3.8, 4) is 5.88 Å². The fraction of sp³-hybridized carbons (Fsp3) is 0.576. The number of amides is 1. The van der Waals surface area contributed by atoms with E-state index in [0.717, 1.165) is 0 Å². The topological polar surface area (TPSA) is 139 Å². The van der Waals surface area contributed by atoms with Gasteiger partial charge in [-0.3, -0.25) is 14.7 Å². The predicted octanol–water partition coefficient (Wildman–Crippen LogP) is 6.25. The van der Waals surface area contributed by atoms with Crippen molar-refractivity contribution >= 4 is 40.1 Å². The van der Waals surface area contributed by atoms with E-state index < -0.39 is 41.2 Å². The molecule has 4 heterocycles. The number of aromatic nitrogens is 4. The highest BCUT2D eigenvalue weighted by Crippen LogP contribution is 2.52. The number of ether oxygens (including phenoxy) is 2. The van der Waals surface area contributed by atoms with Gasteiger partial charge in [-0.2, -0.15) is 9.97 Å². The maximum Gasteiger partial charge on any atom is 0.335 e. The van der Waals surface area contributed by atoms with E-state index in [1.165, 1.54) is 13.4 Å². The zero-order valence-corrected chi connectivity index (χ0v) is 30.9. The van der Waals surface area contributed by atoms with Crippen LogP contribution in [0.25, 0.3) is 11.2 Å². The van der Waals surface area contributed by atoms with Gasteiger partial charge in [-0.15, -0.1) is 6.58 Å². The average molecular weight is 684 g/mol. The van der Waals surface area contributed by atoms with Crippen LogP contribution in [-0.2, 0) is 17.7 Å². The summed E-state index contributed by atoms with van der Waals surface area (Å²) in [5.74, 6) is -0.198. The predicted molar refractivity (Wildman–Crippen MR) is 184 cm³/mol. The summed E-state index contributed by atoms with van der Waals surface area (Å²) in [6, 6.07) is 8.78. The quantitative estimate of drug-likeness (QED) is 0.186. The van der Waals surface area contributed by atoms with Crippen molar-refractivity contribution in [2.75, 3.05) is 19.0 Å². The number of hydrogen-bond acceptors (Lipinski definition) is 10. The van der Waals surface area contributed by atoms with Crippen LogP contribution in [0, 0.1) is 0 Å². The van der Waals surface area contributed by atoms with Crippen LogP contribution in [0.5, 0.6) is 5.88 Å². The summed E-state index contributed by atoms with van der Waals surface area (Å²) in [7, 11) is -4.46. The number of carbonyl (C=O) groups excluding carboxylic acids is 1. The van der Waals surface area contributed by atoms with E-state index in [1.807, 2.05) is 6.07 Å². The summed E-state index contributed by atoms with van der Waals surface area (Å²) in [4.78, 5) is 26.6. The van der Waals surface area contributed by atoms with Gasteiger partial charge in [-0.25, -0.2) is 4.98 Å². The molecule has 1 amide bonds. The Morgan fingerprint density at radius 2 is 1.72 bits per heavy atom. The van der Waals surface area contributed by atoms with E-state index in [9.17, 15) is 9.90 Å². The van der Waals surface area contributed by atoms with Crippen molar-refractivity contribution in [3.05, 3.63) is 54.9 Å². The molecule has 0 spiro atoms. The van der Waals surface area contributed by atoms with E-state index in [1.54, 1.807) is 34.9 Å². The van der Waals surface area contributed by atoms with Gasteiger partial charge in [-0.05, 0) is 34.3 Å². The number of nitrogens with zero attached hydrogens (tertiary/aromatic N) is 4. The first-order chi connectivity index (χ1) is 22.2. The number of methoxy groups -OCH3 is 1. The summed E-state index contributed by atoms with van der Waals surface area (Å²) < 4.78 is 35.5. The third-order valence-corrected chi connectivity index (χ3v) is 19.7. The molecule has 2 aliphatic rings. The molecule has 0 bridgehead atoms. The zero-order valence-electron chi connectivity index (χ0n) is 28.9.